The molecule has 164 valence electrons. The van der Waals surface area contributed by atoms with Gasteiger partial charge in [0.15, 0.2) is 11.4 Å². The van der Waals surface area contributed by atoms with Crippen LogP contribution in [0.15, 0.2) is 28.7 Å². The van der Waals surface area contributed by atoms with Crippen molar-refractivity contribution in [1.29, 1.82) is 0 Å². The molecular formula is C22H25N3O6. The number of nitrogens with zero attached hydrogens (tertiary/aromatic N) is 3. The fourth-order valence-electron chi connectivity index (χ4n) is 3.83. The number of aliphatic hydroxyl groups excluding tert-OH is 1. The lowest BCUT2D eigenvalue weighted by atomic mass is 10.2. The number of hydrogen-bond acceptors (Lipinski definition) is 9. The zero-order valence-electron chi connectivity index (χ0n) is 17.3. The minimum absolute atomic E-state index is 0.258. The second-order valence-corrected chi connectivity index (χ2v) is 7.53. The van der Waals surface area contributed by atoms with Gasteiger partial charge in [-0.25, -0.2) is 9.97 Å². The number of fused-ring (bicyclic) bond motifs is 3. The molecule has 0 radical (unpaired) electrons. The summed E-state index contributed by atoms with van der Waals surface area (Å²) in [6.45, 7) is 1.13. The van der Waals surface area contributed by atoms with Crippen LogP contribution in [0, 0.1) is 0 Å². The second-order valence-electron chi connectivity index (χ2n) is 7.53. The van der Waals surface area contributed by atoms with E-state index in [1.807, 2.05) is 24.3 Å². The van der Waals surface area contributed by atoms with E-state index in [0.717, 1.165) is 11.7 Å². The normalized spacial score (nSPS) is 18.7. The summed E-state index contributed by atoms with van der Waals surface area (Å²) in [7, 11) is 1.36. The first-order valence-corrected chi connectivity index (χ1v) is 10.3. The zero-order valence-corrected chi connectivity index (χ0v) is 17.3. The van der Waals surface area contributed by atoms with Gasteiger partial charge in [0.25, 0.3) is 0 Å². The number of aromatic nitrogens is 2. The fraction of sp³-hybridized carbons (Fsp3) is 0.455. The minimum atomic E-state index is -0.605. The van der Waals surface area contributed by atoms with E-state index >= 15 is 0 Å². The highest BCUT2D eigenvalue weighted by Gasteiger charge is 2.34. The number of para-hydroxylation sites is 1. The second kappa shape index (κ2) is 9.40. The number of hydrogen-bond donors (Lipinski definition) is 1. The standard InChI is InChI=1S/C22H25N3O6/c1-29-19(28)7-4-9-30-10-8-18-23-20-16-5-2-3-6-17(16)31-21(20)22(24-18)25-12-15(27)11-14(25)13-26/h2-3,5-6,13-15,27H,4,7-12H2,1H3/t14-,15-/m0/s1. The number of anilines is 1. The summed E-state index contributed by atoms with van der Waals surface area (Å²) in [5.74, 6) is 0.815. The summed E-state index contributed by atoms with van der Waals surface area (Å²) < 4.78 is 16.3. The molecule has 3 heterocycles. The molecule has 2 aromatic heterocycles. The Labute approximate surface area is 179 Å². The molecule has 2 atom stereocenters. The van der Waals surface area contributed by atoms with Crippen LogP contribution in [0.5, 0.6) is 0 Å². The Balaban J connectivity index is 1.58. The number of carbonyl (C=O) groups is 2. The summed E-state index contributed by atoms with van der Waals surface area (Å²) in [4.78, 5) is 33.9. The Kier molecular flexibility index (Phi) is 6.43. The first-order valence-electron chi connectivity index (χ1n) is 10.3. The van der Waals surface area contributed by atoms with E-state index in [4.69, 9.17) is 9.15 Å². The highest BCUT2D eigenvalue weighted by atomic mass is 16.5. The quantitative estimate of drug-likeness (QED) is 0.311. The molecule has 0 amide bonds. The molecule has 9 heteroatoms. The number of aliphatic hydroxyl groups is 1. The predicted octanol–water partition coefficient (Wildman–Crippen LogP) is 2.03. The first kappa shape index (κ1) is 21.2. The Hall–Kier alpha value is -3.04. The van der Waals surface area contributed by atoms with Crippen LogP contribution in [-0.2, 0) is 25.5 Å². The first-order chi connectivity index (χ1) is 15.1. The molecule has 0 aliphatic carbocycles. The largest absolute Gasteiger partial charge is 0.469 e. The molecule has 31 heavy (non-hydrogen) atoms. The van der Waals surface area contributed by atoms with E-state index in [1.54, 1.807) is 4.90 Å². The number of methoxy groups -OCH3 is 1. The van der Waals surface area contributed by atoms with Gasteiger partial charge in [-0.15, -0.1) is 0 Å². The average Bonchev–Trinajstić information content (AvgIpc) is 3.35. The minimum Gasteiger partial charge on any atom is -0.469 e. The number of β-amino-alcohol motifs (C(OH)–C–C–N with tert-alkyl or cyclic N) is 1. The lowest BCUT2D eigenvalue weighted by Crippen LogP contribution is -2.32. The van der Waals surface area contributed by atoms with Crippen molar-refractivity contribution in [1.82, 2.24) is 9.97 Å². The Morgan fingerprint density at radius 2 is 2.16 bits per heavy atom. The van der Waals surface area contributed by atoms with E-state index in [1.165, 1.54) is 7.11 Å². The van der Waals surface area contributed by atoms with Crippen molar-refractivity contribution in [3.63, 3.8) is 0 Å². The Morgan fingerprint density at radius 1 is 1.32 bits per heavy atom. The van der Waals surface area contributed by atoms with Gasteiger partial charge >= 0.3 is 5.97 Å². The summed E-state index contributed by atoms with van der Waals surface area (Å²) in [6, 6.07) is 7.12. The van der Waals surface area contributed by atoms with Crippen LogP contribution >= 0.6 is 0 Å². The molecule has 0 unspecified atom stereocenters. The van der Waals surface area contributed by atoms with Crippen molar-refractivity contribution in [2.45, 2.75) is 37.8 Å². The fourth-order valence-corrected chi connectivity index (χ4v) is 3.83. The maximum absolute atomic E-state index is 11.6. The van der Waals surface area contributed by atoms with Gasteiger partial charge in [0.05, 0.1) is 25.9 Å². The topological polar surface area (TPSA) is 115 Å². The number of aldehydes is 1. The van der Waals surface area contributed by atoms with Crippen LogP contribution in [0.4, 0.5) is 5.82 Å². The number of rotatable bonds is 9. The van der Waals surface area contributed by atoms with Crippen molar-refractivity contribution in [3.8, 4) is 0 Å². The van der Waals surface area contributed by atoms with Gasteiger partial charge in [-0.05, 0) is 18.6 Å². The van der Waals surface area contributed by atoms with Crippen molar-refractivity contribution < 1.29 is 28.6 Å². The molecule has 1 N–H and O–H groups in total. The van der Waals surface area contributed by atoms with E-state index in [-0.39, 0.29) is 5.97 Å². The maximum atomic E-state index is 11.6. The molecule has 1 aliphatic rings. The van der Waals surface area contributed by atoms with Crippen LogP contribution in [0.1, 0.15) is 25.1 Å². The van der Waals surface area contributed by atoms with Gasteiger partial charge in [0.2, 0.25) is 0 Å². The Morgan fingerprint density at radius 3 is 2.97 bits per heavy atom. The van der Waals surface area contributed by atoms with E-state index in [0.29, 0.717) is 73.8 Å². The Bertz CT molecular complexity index is 1080. The van der Waals surface area contributed by atoms with Gasteiger partial charge < -0.3 is 28.7 Å². The predicted molar refractivity (Wildman–Crippen MR) is 113 cm³/mol. The van der Waals surface area contributed by atoms with Crippen LogP contribution in [-0.4, -0.2) is 66.3 Å². The van der Waals surface area contributed by atoms with Gasteiger partial charge in [-0.1, -0.05) is 12.1 Å². The summed E-state index contributed by atoms with van der Waals surface area (Å²) in [6.07, 6.45) is 1.94. The number of furan rings is 1. The van der Waals surface area contributed by atoms with E-state index in [9.17, 15) is 14.7 Å². The van der Waals surface area contributed by atoms with Gasteiger partial charge in [0.1, 0.15) is 23.2 Å². The third-order valence-corrected chi connectivity index (χ3v) is 5.37. The lowest BCUT2D eigenvalue weighted by Gasteiger charge is -2.21. The molecule has 3 aromatic rings. The third kappa shape index (κ3) is 4.52. The number of ether oxygens (including phenoxy) is 2. The van der Waals surface area contributed by atoms with Gasteiger partial charge in [-0.2, -0.15) is 0 Å². The van der Waals surface area contributed by atoms with Crippen LogP contribution in [0.3, 0.4) is 0 Å². The van der Waals surface area contributed by atoms with Crippen molar-refractivity contribution >= 4 is 40.1 Å². The molecule has 9 nitrogen and oxygen atoms in total. The highest BCUT2D eigenvalue weighted by Crippen LogP contribution is 2.35. The van der Waals surface area contributed by atoms with Crippen LogP contribution < -0.4 is 4.90 Å². The molecule has 1 fully saturated rings. The summed E-state index contributed by atoms with van der Waals surface area (Å²) in [5.41, 5.74) is 1.86. The number of carbonyl (C=O) groups excluding carboxylic acids is 2. The molecule has 0 bridgehead atoms. The van der Waals surface area contributed by atoms with Gasteiger partial charge in [-0.3, -0.25) is 4.79 Å². The molecule has 1 saturated heterocycles. The van der Waals surface area contributed by atoms with Crippen molar-refractivity contribution in [3.05, 3.63) is 30.1 Å². The smallest absolute Gasteiger partial charge is 0.305 e. The molecule has 1 aromatic carbocycles. The van der Waals surface area contributed by atoms with E-state index in [2.05, 4.69) is 14.7 Å². The highest BCUT2D eigenvalue weighted by molar-refractivity contribution is 6.06. The molecule has 1 aliphatic heterocycles. The average molecular weight is 427 g/mol. The van der Waals surface area contributed by atoms with Crippen molar-refractivity contribution in [2.75, 3.05) is 31.8 Å². The third-order valence-electron chi connectivity index (χ3n) is 5.37. The maximum Gasteiger partial charge on any atom is 0.305 e. The summed E-state index contributed by atoms with van der Waals surface area (Å²) >= 11 is 0. The molecule has 0 saturated carbocycles. The van der Waals surface area contributed by atoms with Crippen LogP contribution in [0.2, 0.25) is 0 Å². The van der Waals surface area contributed by atoms with Crippen LogP contribution in [0.25, 0.3) is 22.1 Å². The lowest BCUT2D eigenvalue weighted by molar-refractivity contribution is -0.141. The molecule has 0 spiro atoms. The molecular weight excluding hydrogens is 402 g/mol. The van der Waals surface area contributed by atoms with E-state index < -0.39 is 12.1 Å². The number of benzene rings is 1. The number of esters is 1. The van der Waals surface area contributed by atoms with Gasteiger partial charge in [0, 0.05) is 37.8 Å². The monoisotopic (exact) mass is 427 g/mol. The zero-order chi connectivity index (χ0) is 21.8. The SMILES string of the molecule is COC(=O)CCCOCCc1nc(N2C[C@@H](O)C[C@H]2C=O)c2oc3ccccc3c2n1. The van der Waals surface area contributed by atoms with Crippen molar-refractivity contribution in [2.24, 2.45) is 0 Å². The summed E-state index contributed by atoms with van der Waals surface area (Å²) in [5, 5.41) is 11.0. The molecule has 4 rings (SSSR count).